The Morgan fingerprint density at radius 3 is 2.89 bits per heavy atom. The Bertz CT molecular complexity index is 490. The monoisotopic (exact) mass is 264 g/mol. The van der Waals surface area contributed by atoms with Crippen molar-refractivity contribution in [3.8, 4) is 5.75 Å². The summed E-state index contributed by atoms with van der Waals surface area (Å²) in [7, 11) is 1.72. The third kappa shape index (κ3) is 2.18. The van der Waals surface area contributed by atoms with Crippen LogP contribution >= 0.6 is 12.2 Å². The molecule has 2 atom stereocenters. The summed E-state index contributed by atoms with van der Waals surface area (Å²) >= 11 is 4.92. The SMILES string of the molecule is CC(C(N)=S)N(C)C(=O)C1COc2ccccc21. The molecule has 1 aliphatic heterocycles. The van der Waals surface area contributed by atoms with Crippen molar-refractivity contribution < 1.29 is 9.53 Å². The Balaban J connectivity index is 2.19. The average Bonchev–Trinajstić information content (AvgIpc) is 2.79. The number of hydrogen-bond acceptors (Lipinski definition) is 3. The third-order valence-corrected chi connectivity index (χ3v) is 3.68. The fourth-order valence-electron chi connectivity index (χ4n) is 1.99. The number of thiocarbonyl (C=S) groups is 1. The number of benzene rings is 1. The van der Waals surface area contributed by atoms with E-state index in [1.165, 1.54) is 0 Å². The maximum atomic E-state index is 12.4. The summed E-state index contributed by atoms with van der Waals surface area (Å²) in [6.45, 7) is 2.20. The Morgan fingerprint density at radius 1 is 1.56 bits per heavy atom. The van der Waals surface area contributed by atoms with Crippen LogP contribution in [0.25, 0.3) is 0 Å². The number of fused-ring (bicyclic) bond motifs is 1. The van der Waals surface area contributed by atoms with Crippen LogP contribution in [0.1, 0.15) is 18.4 Å². The van der Waals surface area contributed by atoms with Gasteiger partial charge in [0.2, 0.25) is 5.91 Å². The molecular weight excluding hydrogens is 248 g/mol. The van der Waals surface area contributed by atoms with Gasteiger partial charge in [-0.25, -0.2) is 0 Å². The number of likely N-dealkylation sites (N-methyl/N-ethyl adjacent to an activating group) is 1. The lowest BCUT2D eigenvalue weighted by Gasteiger charge is -2.26. The van der Waals surface area contributed by atoms with Crippen molar-refractivity contribution in [2.24, 2.45) is 5.73 Å². The molecule has 2 N–H and O–H groups in total. The highest BCUT2D eigenvalue weighted by Gasteiger charge is 2.33. The van der Waals surface area contributed by atoms with Gasteiger partial charge in [-0.2, -0.15) is 0 Å². The summed E-state index contributed by atoms with van der Waals surface area (Å²) in [6, 6.07) is 7.35. The molecule has 96 valence electrons. The Hall–Kier alpha value is -1.62. The van der Waals surface area contributed by atoms with E-state index in [-0.39, 0.29) is 17.9 Å². The van der Waals surface area contributed by atoms with Crippen LogP contribution in [0.4, 0.5) is 0 Å². The predicted octanol–water partition coefficient (Wildman–Crippen LogP) is 1.30. The molecule has 4 nitrogen and oxygen atoms in total. The van der Waals surface area contributed by atoms with Crippen LogP contribution in [0.5, 0.6) is 5.75 Å². The van der Waals surface area contributed by atoms with Crippen LogP contribution < -0.4 is 10.5 Å². The maximum absolute atomic E-state index is 12.4. The number of para-hydroxylation sites is 1. The highest BCUT2D eigenvalue weighted by atomic mass is 32.1. The molecule has 0 saturated heterocycles. The number of nitrogens with zero attached hydrogens (tertiary/aromatic N) is 1. The molecule has 0 fully saturated rings. The molecule has 0 radical (unpaired) electrons. The van der Waals surface area contributed by atoms with E-state index >= 15 is 0 Å². The van der Waals surface area contributed by atoms with Crippen LogP contribution in [0.3, 0.4) is 0 Å². The molecule has 1 amide bonds. The second-order valence-corrected chi connectivity index (χ2v) is 4.90. The standard InChI is InChI=1S/C13H16N2O2S/c1-8(12(14)18)15(2)13(16)10-7-17-11-6-4-3-5-9(10)11/h3-6,8,10H,7H2,1-2H3,(H2,14,18). The second-order valence-electron chi connectivity index (χ2n) is 4.43. The van der Waals surface area contributed by atoms with E-state index in [1.54, 1.807) is 11.9 Å². The maximum Gasteiger partial charge on any atom is 0.234 e. The zero-order valence-electron chi connectivity index (χ0n) is 10.4. The molecule has 0 saturated carbocycles. The first-order valence-electron chi connectivity index (χ1n) is 5.80. The number of hydrogen-bond donors (Lipinski definition) is 1. The van der Waals surface area contributed by atoms with Crippen molar-refractivity contribution in [3.63, 3.8) is 0 Å². The molecule has 1 aromatic carbocycles. The first-order valence-corrected chi connectivity index (χ1v) is 6.21. The van der Waals surface area contributed by atoms with Gasteiger partial charge in [0.25, 0.3) is 0 Å². The number of nitrogens with two attached hydrogens (primary N) is 1. The van der Waals surface area contributed by atoms with E-state index in [9.17, 15) is 4.79 Å². The van der Waals surface area contributed by atoms with Crippen LogP contribution in [-0.4, -0.2) is 35.5 Å². The predicted molar refractivity (Wildman–Crippen MR) is 73.7 cm³/mol. The summed E-state index contributed by atoms with van der Waals surface area (Å²) in [4.78, 5) is 14.3. The largest absolute Gasteiger partial charge is 0.492 e. The average molecular weight is 264 g/mol. The van der Waals surface area contributed by atoms with E-state index in [0.29, 0.717) is 11.6 Å². The van der Waals surface area contributed by atoms with Crippen molar-refractivity contribution in [1.29, 1.82) is 0 Å². The quantitative estimate of drug-likeness (QED) is 0.836. The van der Waals surface area contributed by atoms with Crippen molar-refractivity contribution in [1.82, 2.24) is 4.90 Å². The Morgan fingerprint density at radius 2 is 2.22 bits per heavy atom. The van der Waals surface area contributed by atoms with E-state index in [2.05, 4.69) is 0 Å². The fraction of sp³-hybridized carbons (Fsp3) is 0.385. The van der Waals surface area contributed by atoms with E-state index in [0.717, 1.165) is 11.3 Å². The molecule has 1 aromatic rings. The van der Waals surface area contributed by atoms with Crippen molar-refractivity contribution >= 4 is 23.1 Å². The minimum Gasteiger partial charge on any atom is -0.492 e. The number of carbonyl (C=O) groups is 1. The first-order chi connectivity index (χ1) is 8.52. The lowest BCUT2D eigenvalue weighted by molar-refractivity contribution is -0.132. The molecule has 18 heavy (non-hydrogen) atoms. The molecule has 0 bridgehead atoms. The number of amides is 1. The lowest BCUT2D eigenvalue weighted by Crippen LogP contribution is -2.45. The van der Waals surface area contributed by atoms with Gasteiger partial charge < -0.3 is 15.4 Å². The number of ether oxygens (including phenoxy) is 1. The smallest absolute Gasteiger partial charge is 0.234 e. The second kappa shape index (κ2) is 4.94. The molecular formula is C13H16N2O2S. The van der Waals surface area contributed by atoms with Gasteiger partial charge in [-0.15, -0.1) is 0 Å². The molecule has 5 heteroatoms. The zero-order valence-corrected chi connectivity index (χ0v) is 11.2. The Kier molecular flexibility index (Phi) is 3.52. The third-order valence-electron chi connectivity index (χ3n) is 3.34. The molecule has 1 heterocycles. The van der Waals surface area contributed by atoms with Crippen LogP contribution in [0.2, 0.25) is 0 Å². The van der Waals surface area contributed by atoms with Crippen molar-refractivity contribution in [2.75, 3.05) is 13.7 Å². The number of rotatable bonds is 3. The highest BCUT2D eigenvalue weighted by molar-refractivity contribution is 7.80. The van der Waals surface area contributed by atoms with Gasteiger partial charge >= 0.3 is 0 Å². The Labute approximate surface area is 112 Å². The van der Waals surface area contributed by atoms with Gasteiger partial charge in [0.15, 0.2) is 0 Å². The van der Waals surface area contributed by atoms with Gasteiger partial charge in [0, 0.05) is 12.6 Å². The molecule has 0 aromatic heterocycles. The number of carbonyl (C=O) groups excluding carboxylic acids is 1. The fourth-order valence-corrected chi connectivity index (χ4v) is 2.15. The van der Waals surface area contributed by atoms with Gasteiger partial charge in [-0.3, -0.25) is 4.79 Å². The molecule has 0 spiro atoms. The molecule has 0 aliphatic carbocycles. The van der Waals surface area contributed by atoms with Crippen molar-refractivity contribution in [3.05, 3.63) is 29.8 Å². The summed E-state index contributed by atoms with van der Waals surface area (Å²) in [5.41, 5.74) is 6.51. The van der Waals surface area contributed by atoms with Crippen LogP contribution in [0.15, 0.2) is 24.3 Å². The van der Waals surface area contributed by atoms with Crippen LogP contribution in [-0.2, 0) is 4.79 Å². The molecule has 1 aliphatic rings. The van der Waals surface area contributed by atoms with Gasteiger partial charge in [-0.05, 0) is 13.0 Å². The summed E-state index contributed by atoms with van der Waals surface area (Å²) < 4.78 is 5.51. The lowest BCUT2D eigenvalue weighted by atomic mass is 9.99. The summed E-state index contributed by atoms with van der Waals surface area (Å²) in [5, 5.41) is 0. The van der Waals surface area contributed by atoms with E-state index in [4.69, 9.17) is 22.7 Å². The normalized spacial score (nSPS) is 18.7. The van der Waals surface area contributed by atoms with E-state index < -0.39 is 0 Å². The molecule has 2 rings (SSSR count). The van der Waals surface area contributed by atoms with Gasteiger partial charge in [-0.1, -0.05) is 30.4 Å². The minimum atomic E-state index is -0.261. The first kappa shape index (κ1) is 12.8. The molecule has 2 unspecified atom stereocenters. The topological polar surface area (TPSA) is 55.6 Å². The zero-order chi connectivity index (χ0) is 13.3. The summed E-state index contributed by atoms with van der Waals surface area (Å²) in [6.07, 6.45) is 0. The minimum absolute atomic E-state index is 0.0137. The van der Waals surface area contributed by atoms with Crippen LogP contribution in [0, 0.1) is 0 Å². The summed E-state index contributed by atoms with van der Waals surface area (Å²) in [5.74, 6) is 0.510. The van der Waals surface area contributed by atoms with Crippen molar-refractivity contribution in [2.45, 2.75) is 18.9 Å². The highest BCUT2D eigenvalue weighted by Crippen LogP contribution is 2.34. The van der Waals surface area contributed by atoms with Gasteiger partial charge in [0.05, 0.1) is 11.0 Å². The van der Waals surface area contributed by atoms with Gasteiger partial charge in [0.1, 0.15) is 18.3 Å². The van der Waals surface area contributed by atoms with E-state index in [1.807, 2.05) is 31.2 Å².